The molecule has 0 unspecified atom stereocenters. The number of nitrogens with zero attached hydrogens (tertiary/aromatic N) is 2. The van der Waals surface area contributed by atoms with Crippen LogP contribution >= 0.6 is 11.8 Å². The van der Waals surface area contributed by atoms with Gasteiger partial charge in [-0.3, -0.25) is 9.59 Å². The Morgan fingerprint density at radius 1 is 1.14 bits per heavy atom. The number of imidazole rings is 1. The minimum absolute atomic E-state index is 0.126. The molecule has 4 rings (SSSR count). The van der Waals surface area contributed by atoms with Gasteiger partial charge < -0.3 is 15.2 Å². The molecule has 2 aromatic rings. The van der Waals surface area contributed by atoms with Crippen molar-refractivity contribution in [1.82, 2.24) is 14.9 Å². The van der Waals surface area contributed by atoms with Crippen molar-refractivity contribution in [2.24, 2.45) is 0 Å². The molecule has 2 N–H and O–H groups in total. The van der Waals surface area contributed by atoms with Gasteiger partial charge in [0.2, 0.25) is 5.91 Å². The van der Waals surface area contributed by atoms with E-state index in [-0.39, 0.29) is 23.6 Å². The molecule has 1 aromatic carbocycles. The number of rotatable bonds is 7. The fourth-order valence-electron chi connectivity index (χ4n) is 3.89. The number of nitrogens with one attached hydrogen (secondary N) is 2. The summed E-state index contributed by atoms with van der Waals surface area (Å²) in [5.41, 5.74) is 3.29. The Labute approximate surface area is 175 Å². The van der Waals surface area contributed by atoms with E-state index < -0.39 is 0 Å². The molecule has 0 saturated heterocycles. The number of thioether (sulfide) groups is 1. The Balaban J connectivity index is 1.41. The predicted octanol–water partition coefficient (Wildman–Crippen LogP) is 4.24. The molecule has 2 aliphatic carbocycles. The predicted molar refractivity (Wildman–Crippen MR) is 115 cm³/mol. The molecule has 2 aliphatic rings. The zero-order chi connectivity index (χ0) is 20.4. The highest BCUT2D eigenvalue weighted by molar-refractivity contribution is 7.99. The maximum Gasteiger partial charge on any atom is 0.253 e. The van der Waals surface area contributed by atoms with E-state index in [0.29, 0.717) is 17.3 Å². The summed E-state index contributed by atoms with van der Waals surface area (Å²) in [7, 11) is 0. The number of amides is 2. The van der Waals surface area contributed by atoms with Gasteiger partial charge in [0.05, 0.1) is 22.7 Å². The lowest BCUT2D eigenvalue weighted by Crippen LogP contribution is -2.27. The monoisotopic (exact) mass is 412 g/mol. The van der Waals surface area contributed by atoms with Gasteiger partial charge in [-0.2, -0.15) is 0 Å². The van der Waals surface area contributed by atoms with E-state index in [4.69, 9.17) is 4.98 Å². The quantitative estimate of drug-likeness (QED) is 0.667. The molecule has 6 nitrogen and oxygen atoms in total. The highest BCUT2D eigenvalue weighted by atomic mass is 32.2. The second-order valence-electron chi connectivity index (χ2n) is 8.00. The lowest BCUT2D eigenvalue weighted by molar-refractivity contribution is -0.113. The second kappa shape index (κ2) is 8.61. The van der Waals surface area contributed by atoms with Crippen LogP contribution in [0, 0.1) is 13.8 Å². The van der Waals surface area contributed by atoms with Crippen LogP contribution in [0.25, 0.3) is 0 Å². The topological polar surface area (TPSA) is 76.0 Å². The number of hydrogen-bond donors (Lipinski definition) is 2. The van der Waals surface area contributed by atoms with Crippen LogP contribution in [0.3, 0.4) is 0 Å². The van der Waals surface area contributed by atoms with Gasteiger partial charge in [0, 0.05) is 17.8 Å². The Morgan fingerprint density at radius 3 is 2.59 bits per heavy atom. The molecule has 2 amide bonds. The third-order valence-electron chi connectivity index (χ3n) is 5.73. The third kappa shape index (κ3) is 4.66. The summed E-state index contributed by atoms with van der Waals surface area (Å²) in [6, 6.07) is 7.95. The van der Waals surface area contributed by atoms with Crippen LogP contribution in [0.5, 0.6) is 0 Å². The van der Waals surface area contributed by atoms with Crippen molar-refractivity contribution >= 4 is 29.3 Å². The van der Waals surface area contributed by atoms with Gasteiger partial charge in [0.15, 0.2) is 5.16 Å². The van der Waals surface area contributed by atoms with Crippen LogP contribution in [-0.2, 0) is 4.79 Å². The summed E-state index contributed by atoms with van der Waals surface area (Å²) in [5.74, 6) is 0.0123. The van der Waals surface area contributed by atoms with Crippen molar-refractivity contribution in [2.75, 3.05) is 11.1 Å². The average Bonchev–Trinajstić information content (AvgIpc) is 3.26. The molecule has 154 valence electrons. The Hall–Kier alpha value is -2.28. The van der Waals surface area contributed by atoms with E-state index in [1.807, 2.05) is 19.1 Å². The van der Waals surface area contributed by atoms with E-state index in [2.05, 4.69) is 22.1 Å². The van der Waals surface area contributed by atoms with E-state index in [0.717, 1.165) is 23.7 Å². The first-order chi connectivity index (χ1) is 14.0. The lowest BCUT2D eigenvalue weighted by Gasteiger charge is -2.17. The smallest absolute Gasteiger partial charge is 0.253 e. The van der Waals surface area contributed by atoms with E-state index in [9.17, 15) is 9.59 Å². The van der Waals surface area contributed by atoms with Gasteiger partial charge in [-0.25, -0.2) is 4.98 Å². The number of carbonyl (C=O) groups is 2. The number of para-hydroxylation sites is 1. The minimum Gasteiger partial charge on any atom is -0.349 e. The first kappa shape index (κ1) is 20.0. The molecule has 0 atom stereocenters. The van der Waals surface area contributed by atoms with Crippen molar-refractivity contribution in [3.63, 3.8) is 0 Å². The van der Waals surface area contributed by atoms with Crippen LogP contribution in [0.4, 0.5) is 5.69 Å². The summed E-state index contributed by atoms with van der Waals surface area (Å²) in [6.07, 6.45) is 6.93. The fraction of sp³-hybridized carbons (Fsp3) is 0.500. The summed E-state index contributed by atoms with van der Waals surface area (Å²) >= 11 is 1.47. The number of aryl methyl sites for hydroxylation is 1. The van der Waals surface area contributed by atoms with Gasteiger partial charge in [0.25, 0.3) is 5.91 Å². The van der Waals surface area contributed by atoms with Crippen LogP contribution in [0.2, 0.25) is 0 Å². The molecule has 2 fully saturated rings. The van der Waals surface area contributed by atoms with Gasteiger partial charge in [0.1, 0.15) is 0 Å². The Kier molecular flexibility index (Phi) is 5.94. The lowest BCUT2D eigenvalue weighted by atomic mass is 10.1. The van der Waals surface area contributed by atoms with Crippen LogP contribution in [0.15, 0.2) is 29.4 Å². The van der Waals surface area contributed by atoms with E-state index in [1.165, 1.54) is 43.1 Å². The molecule has 0 spiro atoms. The molecule has 0 aliphatic heterocycles. The summed E-state index contributed by atoms with van der Waals surface area (Å²) in [6.45, 7) is 4.14. The first-order valence-electron chi connectivity index (χ1n) is 10.4. The second-order valence-corrected chi connectivity index (χ2v) is 8.95. The van der Waals surface area contributed by atoms with E-state index >= 15 is 0 Å². The largest absolute Gasteiger partial charge is 0.349 e. The maximum atomic E-state index is 12.6. The zero-order valence-electron chi connectivity index (χ0n) is 17.0. The van der Waals surface area contributed by atoms with Gasteiger partial charge in [-0.1, -0.05) is 36.7 Å². The van der Waals surface area contributed by atoms with Crippen molar-refractivity contribution in [2.45, 2.75) is 69.6 Å². The van der Waals surface area contributed by atoms with Crippen LogP contribution in [0.1, 0.15) is 66.3 Å². The molecule has 2 saturated carbocycles. The molecule has 29 heavy (non-hydrogen) atoms. The third-order valence-corrected chi connectivity index (χ3v) is 6.69. The molecule has 0 radical (unpaired) electrons. The van der Waals surface area contributed by atoms with Crippen LogP contribution in [-0.4, -0.2) is 33.2 Å². The molecular weight excluding hydrogens is 384 g/mol. The number of anilines is 1. The average molecular weight is 413 g/mol. The van der Waals surface area contributed by atoms with Crippen molar-refractivity contribution in [3.05, 3.63) is 41.2 Å². The maximum absolute atomic E-state index is 12.6. The van der Waals surface area contributed by atoms with Crippen LogP contribution < -0.4 is 10.6 Å². The zero-order valence-corrected chi connectivity index (χ0v) is 17.8. The highest BCUT2D eigenvalue weighted by Crippen LogP contribution is 2.35. The first-order valence-corrected chi connectivity index (χ1v) is 11.4. The Bertz CT molecular complexity index is 914. The normalized spacial score (nSPS) is 16.8. The van der Waals surface area contributed by atoms with E-state index in [1.54, 1.807) is 12.1 Å². The SMILES string of the molecule is Cc1nc(SCC(=O)Nc2ccccc2C(=O)NC2CC2)n(C2CCCC2)c1C. The molecule has 0 bridgehead atoms. The Morgan fingerprint density at radius 2 is 1.86 bits per heavy atom. The van der Waals surface area contributed by atoms with Gasteiger partial charge in [-0.15, -0.1) is 0 Å². The number of carbonyl (C=O) groups excluding carboxylic acids is 2. The summed E-state index contributed by atoms with van der Waals surface area (Å²) in [5, 5.41) is 6.81. The number of aromatic nitrogens is 2. The van der Waals surface area contributed by atoms with Gasteiger partial charge in [-0.05, 0) is 51.7 Å². The fourth-order valence-corrected chi connectivity index (χ4v) is 4.85. The molecule has 1 heterocycles. The summed E-state index contributed by atoms with van der Waals surface area (Å²) < 4.78 is 2.32. The molecular formula is C22H28N4O2S. The number of hydrogen-bond acceptors (Lipinski definition) is 4. The van der Waals surface area contributed by atoms with Crippen molar-refractivity contribution in [1.29, 1.82) is 0 Å². The summed E-state index contributed by atoms with van der Waals surface area (Å²) in [4.78, 5) is 29.7. The number of benzene rings is 1. The standard InChI is InChI=1S/C22H28N4O2S/c1-14-15(2)26(17-7-3-4-8-17)22(23-14)29-13-20(27)25-19-10-6-5-9-18(19)21(28)24-16-11-12-16/h5-6,9-10,16-17H,3-4,7-8,11-13H2,1-2H3,(H,24,28)(H,25,27). The van der Waals surface area contributed by atoms with Crippen molar-refractivity contribution < 1.29 is 9.59 Å². The minimum atomic E-state index is -0.127. The van der Waals surface area contributed by atoms with Crippen molar-refractivity contribution in [3.8, 4) is 0 Å². The molecule has 1 aromatic heterocycles. The highest BCUT2D eigenvalue weighted by Gasteiger charge is 2.26. The molecule has 7 heteroatoms. The van der Waals surface area contributed by atoms with Gasteiger partial charge >= 0.3 is 0 Å².